The molecule has 0 spiro atoms. The number of rotatable bonds is 6. The fourth-order valence-corrected chi connectivity index (χ4v) is 22.6. The summed E-state index contributed by atoms with van der Waals surface area (Å²) >= 11 is -2.01. The first-order valence-electron chi connectivity index (χ1n) is 14.0. The fraction of sp³-hybridized carbons (Fsp3) is 0.452. The van der Waals surface area contributed by atoms with Gasteiger partial charge in [-0.1, -0.05) is 0 Å². The number of fused-ring (bicyclic) bond motifs is 2. The van der Waals surface area contributed by atoms with Crippen molar-refractivity contribution in [3.05, 3.63) is 82.9 Å². The molecule has 0 nitrogen and oxygen atoms in total. The van der Waals surface area contributed by atoms with Crippen LogP contribution in [-0.4, -0.2) is 22.2 Å². The molecule has 4 aliphatic rings. The van der Waals surface area contributed by atoms with E-state index in [9.17, 15) is 0 Å². The van der Waals surface area contributed by atoms with Crippen LogP contribution in [0.4, 0.5) is 0 Å². The van der Waals surface area contributed by atoms with E-state index in [1.807, 2.05) is 13.6 Å². The second-order valence-electron chi connectivity index (χ2n) is 11.7. The molecule has 0 saturated heterocycles. The van der Waals surface area contributed by atoms with Gasteiger partial charge < -0.3 is 24.8 Å². The molecular formula is C31H40Cl2Si2Zr. The monoisotopic (exact) mass is 628 g/mol. The van der Waals surface area contributed by atoms with Crippen molar-refractivity contribution in [3.8, 4) is 0 Å². The SMILES string of the molecule is C[C](C)=[Zr+2]([CH]1C=C([SiH2]C2CCCC2)c2ccccc21)[CH]1C=C([SiH2]C2CCCC2)c2ccccc21.[Cl-].[Cl-]. The maximum Gasteiger partial charge on any atom is -1.00 e. The van der Waals surface area contributed by atoms with Crippen LogP contribution in [0.15, 0.2) is 60.7 Å². The van der Waals surface area contributed by atoms with Crippen LogP contribution in [0.25, 0.3) is 10.4 Å². The second-order valence-corrected chi connectivity index (χ2v) is 24.1. The molecule has 36 heavy (non-hydrogen) atoms. The Kier molecular flexibility index (Phi) is 10.1. The average Bonchev–Trinajstić information content (AvgIpc) is 3.65. The molecule has 2 atom stereocenters. The Bertz CT molecular complexity index is 1080. The molecule has 0 bridgehead atoms. The molecule has 0 N–H and O–H groups in total. The van der Waals surface area contributed by atoms with Gasteiger partial charge in [-0.05, 0) is 0 Å². The third-order valence-corrected chi connectivity index (χ3v) is 22.6. The molecular weight excluding hydrogens is 591 g/mol. The Morgan fingerprint density at radius 2 is 1.03 bits per heavy atom. The van der Waals surface area contributed by atoms with Gasteiger partial charge in [0.1, 0.15) is 0 Å². The van der Waals surface area contributed by atoms with Gasteiger partial charge in [0.25, 0.3) is 0 Å². The molecule has 2 saturated carbocycles. The van der Waals surface area contributed by atoms with Crippen molar-refractivity contribution >= 4 is 32.6 Å². The third-order valence-electron chi connectivity index (χ3n) is 9.23. The van der Waals surface area contributed by atoms with Gasteiger partial charge in [0.2, 0.25) is 0 Å². The summed E-state index contributed by atoms with van der Waals surface area (Å²) in [5.41, 5.74) is 8.89. The molecule has 2 unspecified atom stereocenters. The zero-order valence-corrected chi connectivity index (χ0v) is 28.7. The minimum absolute atomic E-state index is 0. The average molecular weight is 631 g/mol. The Labute approximate surface area is 243 Å². The predicted octanol–water partition coefficient (Wildman–Crippen LogP) is 1.08. The molecule has 5 heteroatoms. The summed E-state index contributed by atoms with van der Waals surface area (Å²) in [6, 6.07) is 19.2. The zero-order chi connectivity index (χ0) is 23.1. The standard InChI is InChI=1S/2C14H17Si.C3H6.2ClH.Zr/c2*1-4-8-13-11(5-1)9-10-14(13)15-12-6-2-3-7-12;1-3-2;;;/h2*1,4-5,8-10,12H,2-3,6-7,15H2;1-2H3;2*1H;/q;;;;;+2/p-2. The normalized spacial score (nSPS) is 23.2. The van der Waals surface area contributed by atoms with Crippen LogP contribution in [0.3, 0.4) is 0 Å². The largest absolute Gasteiger partial charge is 1.00 e. The summed E-state index contributed by atoms with van der Waals surface area (Å²) in [7, 11) is -0.327. The Morgan fingerprint density at radius 3 is 1.42 bits per heavy atom. The summed E-state index contributed by atoms with van der Waals surface area (Å²) < 4.78 is 3.30. The van der Waals surface area contributed by atoms with E-state index in [-0.39, 0.29) is 43.9 Å². The van der Waals surface area contributed by atoms with Gasteiger partial charge in [-0.2, -0.15) is 0 Å². The fourth-order valence-electron chi connectivity index (χ4n) is 7.62. The van der Waals surface area contributed by atoms with Gasteiger partial charge in [0, 0.05) is 0 Å². The van der Waals surface area contributed by atoms with Crippen molar-refractivity contribution in [2.45, 2.75) is 83.5 Å². The van der Waals surface area contributed by atoms with E-state index in [1.54, 1.807) is 22.3 Å². The molecule has 2 aromatic carbocycles. The van der Waals surface area contributed by atoms with Crippen LogP contribution in [0.1, 0.15) is 94.7 Å². The van der Waals surface area contributed by atoms with Gasteiger partial charge in [-0.15, -0.1) is 0 Å². The quantitative estimate of drug-likeness (QED) is 0.420. The predicted molar refractivity (Wildman–Crippen MR) is 152 cm³/mol. The van der Waals surface area contributed by atoms with Crippen LogP contribution < -0.4 is 24.8 Å². The van der Waals surface area contributed by atoms with Gasteiger partial charge in [-0.3, -0.25) is 0 Å². The first-order valence-corrected chi connectivity index (χ1v) is 21.1. The van der Waals surface area contributed by atoms with Crippen molar-refractivity contribution in [3.63, 3.8) is 0 Å². The number of halogens is 2. The van der Waals surface area contributed by atoms with Crippen LogP contribution in [0, 0.1) is 0 Å². The maximum atomic E-state index is 2.86. The molecule has 190 valence electrons. The minimum atomic E-state index is -2.01. The van der Waals surface area contributed by atoms with E-state index >= 15 is 0 Å². The summed E-state index contributed by atoms with van der Waals surface area (Å²) in [4.78, 5) is 0. The van der Waals surface area contributed by atoms with E-state index in [1.165, 1.54) is 51.4 Å². The van der Waals surface area contributed by atoms with Gasteiger partial charge in [0.15, 0.2) is 0 Å². The number of allylic oxidation sites excluding steroid dienone is 2. The van der Waals surface area contributed by atoms with E-state index in [4.69, 9.17) is 0 Å². The number of benzene rings is 2. The molecule has 0 radical (unpaired) electrons. The van der Waals surface area contributed by atoms with Crippen molar-refractivity contribution in [2.24, 2.45) is 0 Å². The summed E-state index contributed by atoms with van der Waals surface area (Å²) in [6.07, 6.45) is 17.7. The molecule has 2 aromatic rings. The minimum Gasteiger partial charge on any atom is -1.00 e. The number of hydrogen-bond acceptors (Lipinski definition) is 0. The Balaban J connectivity index is 0.00000152. The smallest absolute Gasteiger partial charge is 1.00 e. The van der Waals surface area contributed by atoms with Crippen molar-refractivity contribution in [2.75, 3.05) is 0 Å². The topological polar surface area (TPSA) is 0 Å². The molecule has 0 aromatic heterocycles. The van der Waals surface area contributed by atoms with Crippen LogP contribution in [-0.2, 0) is 21.3 Å². The first-order chi connectivity index (χ1) is 16.7. The summed E-state index contributed by atoms with van der Waals surface area (Å²) in [5, 5.41) is 3.67. The summed E-state index contributed by atoms with van der Waals surface area (Å²) in [5.74, 6) is 0. The van der Waals surface area contributed by atoms with Crippen molar-refractivity contribution in [1.82, 2.24) is 0 Å². The Hall–Kier alpha value is -0.313. The Morgan fingerprint density at radius 1 is 0.639 bits per heavy atom. The zero-order valence-electron chi connectivity index (χ0n) is 21.9. The van der Waals surface area contributed by atoms with Gasteiger partial charge in [0.05, 0.1) is 0 Å². The van der Waals surface area contributed by atoms with Crippen molar-refractivity contribution in [1.29, 1.82) is 0 Å². The van der Waals surface area contributed by atoms with E-state index in [0.717, 1.165) is 18.3 Å². The third kappa shape index (κ3) is 5.67. The van der Waals surface area contributed by atoms with Gasteiger partial charge >= 0.3 is 220 Å². The molecule has 4 aliphatic carbocycles. The van der Waals surface area contributed by atoms with E-state index in [0.29, 0.717) is 0 Å². The van der Waals surface area contributed by atoms with Crippen LogP contribution in [0.5, 0.6) is 0 Å². The molecule has 2 fully saturated rings. The molecule has 0 aliphatic heterocycles. The first kappa shape index (κ1) is 28.7. The van der Waals surface area contributed by atoms with Crippen LogP contribution >= 0.6 is 0 Å². The van der Waals surface area contributed by atoms with Crippen LogP contribution in [0.2, 0.25) is 11.1 Å². The molecule has 6 rings (SSSR count). The molecule has 0 heterocycles. The van der Waals surface area contributed by atoms with E-state index in [2.05, 4.69) is 74.5 Å². The number of hydrogen-bond donors (Lipinski definition) is 0. The van der Waals surface area contributed by atoms with Gasteiger partial charge in [-0.25, -0.2) is 0 Å². The van der Waals surface area contributed by atoms with Crippen molar-refractivity contribution < 1.29 is 46.1 Å². The summed E-state index contributed by atoms with van der Waals surface area (Å²) in [6.45, 7) is 5.00. The maximum absolute atomic E-state index is 2.86. The van der Waals surface area contributed by atoms with E-state index < -0.39 is 21.3 Å². The molecule has 0 amide bonds. The second kappa shape index (κ2) is 12.7.